The largest absolute Gasteiger partial charge is 0.312 e. The fraction of sp³-hybridized carbons (Fsp3) is 0.579. The van der Waals surface area contributed by atoms with Crippen LogP contribution in [0.5, 0.6) is 0 Å². The molecule has 2 unspecified atom stereocenters. The number of rotatable bonds is 6. The Kier molecular flexibility index (Phi) is 5.10. The molecule has 2 aliphatic rings. The van der Waals surface area contributed by atoms with Gasteiger partial charge in [0.15, 0.2) is 0 Å². The summed E-state index contributed by atoms with van der Waals surface area (Å²) in [6.45, 7) is 4.45. The van der Waals surface area contributed by atoms with E-state index < -0.39 is 0 Å². The highest BCUT2D eigenvalue weighted by atomic mass is 15.0. The van der Waals surface area contributed by atoms with Crippen molar-refractivity contribution in [1.29, 1.82) is 0 Å². The molecule has 0 aromatic heterocycles. The second-order valence-electron chi connectivity index (χ2n) is 6.70. The van der Waals surface area contributed by atoms with E-state index in [2.05, 4.69) is 54.0 Å². The standard InChI is InChI=1S/C19H28N2/c1-15(13-16-7-3-2-4-8-16)14-21-19(17-9-5-10-17)18-11-6-12-20-18/h2-4,7-8,13,17-21H,5-6,9-12,14H2,1H3. The molecule has 1 heterocycles. The van der Waals surface area contributed by atoms with E-state index in [1.54, 1.807) is 0 Å². The van der Waals surface area contributed by atoms with Crippen molar-refractivity contribution in [3.63, 3.8) is 0 Å². The molecule has 2 atom stereocenters. The quantitative estimate of drug-likeness (QED) is 0.834. The molecule has 1 aliphatic carbocycles. The first kappa shape index (κ1) is 14.8. The average molecular weight is 284 g/mol. The van der Waals surface area contributed by atoms with Crippen LogP contribution in [0.4, 0.5) is 0 Å². The first-order valence-electron chi connectivity index (χ1n) is 8.52. The maximum absolute atomic E-state index is 3.85. The molecule has 21 heavy (non-hydrogen) atoms. The smallest absolute Gasteiger partial charge is 0.0252 e. The molecule has 1 aromatic carbocycles. The molecule has 1 aromatic rings. The van der Waals surface area contributed by atoms with Gasteiger partial charge >= 0.3 is 0 Å². The van der Waals surface area contributed by atoms with Crippen LogP contribution in [0.15, 0.2) is 35.9 Å². The summed E-state index contributed by atoms with van der Waals surface area (Å²) in [6.07, 6.45) is 9.24. The number of benzene rings is 1. The average Bonchev–Trinajstić information content (AvgIpc) is 2.96. The number of hydrogen-bond acceptors (Lipinski definition) is 2. The highest BCUT2D eigenvalue weighted by molar-refractivity contribution is 5.52. The Hall–Kier alpha value is -1.12. The van der Waals surface area contributed by atoms with Crippen molar-refractivity contribution in [3.05, 3.63) is 41.5 Å². The van der Waals surface area contributed by atoms with Crippen molar-refractivity contribution < 1.29 is 0 Å². The lowest BCUT2D eigenvalue weighted by Gasteiger charge is -2.38. The molecule has 2 nitrogen and oxygen atoms in total. The molecular weight excluding hydrogens is 256 g/mol. The van der Waals surface area contributed by atoms with Gasteiger partial charge in [0.1, 0.15) is 0 Å². The van der Waals surface area contributed by atoms with Gasteiger partial charge in [-0.1, -0.05) is 48.4 Å². The molecule has 0 bridgehead atoms. The van der Waals surface area contributed by atoms with Gasteiger partial charge < -0.3 is 10.6 Å². The van der Waals surface area contributed by atoms with Crippen LogP contribution in [-0.4, -0.2) is 25.2 Å². The molecule has 0 amide bonds. The van der Waals surface area contributed by atoms with Crippen molar-refractivity contribution in [2.75, 3.05) is 13.1 Å². The Balaban J connectivity index is 1.57. The van der Waals surface area contributed by atoms with Crippen molar-refractivity contribution in [3.8, 4) is 0 Å². The van der Waals surface area contributed by atoms with Gasteiger partial charge in [0.2, 0.25) is 0 Å². The lowest BCUT2D eigenvalue weighted by atomic mass is 9.76. The highest BCUT2D eigenvalue weighted by Crippen LogP contribution is 2.32. The van der Waals surface area contributed by atoms with Gasteiger partial charge in [-0.05, 0) is 50.6 Å². The third-order valence-corrected chi connectivity index (χ3v) is 5.02. The lowest BCUT2D eigenvalue weighted by Crippen LogP contribution is -2.51. The van der Waals surface area contributed by atoms with Crippen molar-refractivity contribution in [2.24, 2.45) is 5.92 Å². The lowest BCUT2D eigenvalue weighted by molar-refractivity contribution is 0.199. The predicted molar refractivity (Wildman–Crippen MR) is 90.2 cm³/mol. The molecule has 0 spiro atoms. The van der Waals surface area contributed by atoms with Crippen LogP contribution >= 0.6 is 0 Å². The van der Waals surface area contributed by atoms with Crippen LogP contribution in [0.2, 0.25) is 0 Å². The molecular formula is C19H28N2. The highest BCUT2D eigenvalue weighted by Gasteiger charge is 2.34. The summed E-state index contributed by atoms with van der Waals surface area (Å²) < 4.78 is 0. The Labute approximate surface area is 129 Å². The minimum absolute atomic E-state index is 0.667. The maximum atomic E-state index is 3.85. The molecule has 114 valence electrons. The zero-order valence-corrected chi connectivity index (χ0v) is 13.1. The zero-order valence-electron chi connectivity index (χ0n) is 13.1. The Morgan fingerprint density at radius 1 is 1.24 bits per heavy atom. The molecule has 2 N–H and O–H groups in total. The SMILES string of the molecule is CC(=Cc1ccccc1)CNC(C1CCC1)C1CCCN1. The van der Waals surface area contributed by atoms with Gasteiger partial charge in [-0.25, -0.2) is 0 Å². The number of nitrogens with one attached hydrogen (secondary N) is 2. The maximum Gasteiger partial charge on any atom is 0.0252 e. The van der Waals surface area contributed by atoms with Crippen LogP contribution in [0.3, 0.4) is 0 Å². The van der Waals surface area contributed by atoms with Crippen LogP contribution < -0.4 is 10.6 Å². The van der Waals surface area contributed by atoms with E-state index in [1.807, 2.05) is 0 Å². The predicted octanol–water partition coefficient (Wildman–Crippen LogP) is 3.60. The fourth-order valence-electron chi connectivity index (χ4n) is 3.62. The monoisotopic (exact) mass is 284 g/mol. The summed E-state index contributed by atoms with van der Waals surface area (Å²) in [5.74, 6) is 0.894. The van der Waals surface area contributed by atoms with E-state index in [0.29, 0.717) is 12.1 Å². The molecule has 0 radical (unpaired) electrons. The second kappa shape index (κ2) is 7.24. The van der Waals surface area contributed by atoms with Gasteiger partial charge in [-0.3, -0.25) is 0 Å². The summed E-state index contributed by atoms with van der Waals surface area (Å²) in [7, 11) is 0. The normalized spacial score (nSPS) is 24.8. The molecule has 1 aliphatic heterocycles. The Morgan fingerprint density at radius 2 is 2.05 bits per heavy atom. The van der Waals surface area contributed by atoms with E-state index in [-0.39, 0.29) is 0 Å². The Morgan fingerprint density at radius 3 is 2.67 bits per heavy atom. The van der Waals surface area contributed by atoms with Crippen LogP contribution in [-0.2, 0) is 0 Å². The summed E-state index contributed by atoms with van der Waals surface area (Å²) in [5.41, 5.74) is 2.72. The van der Waals surface area contributed by atoms with Gasteiger partial charge in [-0.2, -0.15) is 0 Å². The van der Waals surface area contributed by atoms with E-state index in [0.717, 1.165) is 12.5 Å². The summed E-state index contributed by atoms with van der Waals surface area (Å²) in [5, 5.41) is 7.55. The van der Waals surface area contributed by atoms with E-state index in [9.17, 15) is 0 Å². The van der Waals surface area contributed by atoms with Crippen LogP contribution in [0.1, 0.15) is 44.6 Å². The van der Waals surface area contributed by atoms with E-state index >= 15 is 0 Å². The van der Waals surface area contributed by atoms with E-state index in [4.69, 9.17) is 0 Å². The third-order valence-electron chi connectivity index (χ3n) is 5.02. The van der Waals surface area contributed by atoms with Crippen molar-refractivity contribution in [1.82, 2.24) is 10.6 Å². The van der Waals surface area contributed by atoms with Crippen molar-refractivity contribution in [2.45, 2.75) is 51.1 Å². The van der Waals surface area contributed by atoms with Gasteiger partial charge in [0.05, 0.1) is 0 Å². The second-order valence-corrected chi connectivity index (χ2v) is 6.70. The summed E-state index contributed by atoms with van der Waals surface area (Å²) in [4.78, 5) is 0. The van der Waals surface area contributed by atoms with Gasteiger partial charge in [0, 0.05) is 18.6 Å². The number of hydrogen-bond donors (Lipinski definition) is 2. The molecule has 3 rings (SSSR count). The minimum Gasteiger partial charge on any atom is -0.312 e. The van der Waals surface area contributed by atoms with Crippen molar-refractivity contribution >= 4 is 6.08 Å². The van der Waals surface area contributed by atoms with E-state index in [1.165, 1.54) is 49.8 Å². The first-order chi connectivity index (χ1) is 10.3. The summed E-state index contributed by atoms with van der Waals surface area (Å²) >= 11 is 0. The van der Waals surface area contributed by atoms with Crippen LogP contribution in [0.25, 0.3) is 6.08 Å². The molecule has 2 fully saturated rings. The minimum atomic E-state index is 0.667. The zero-order chi connectivity index (χ0) is 14.5. The summed E-state index contributed by atoms with van der Waals surface area (Å²) in [6, 6.07) is 12.0. The molecule has 2 heteroatoms. The van der Waals surface area contributed by atoms with Gasteiger partial charge in [-0.15, -0.1) is 0 Å². The fourth-order valence-corrected chi connectivity index (χ4v) is 3.62. The molecule has 1 saturated heterocycles. The molecule has 1 saturated carbocycles. The van der Waals surface area contributed by atoms with Gasteiger partial charge in [0.25, 0.3) is 0 Å². The first-order valence-corrected chi connectivity index (χ1v) is 8.52. The van der Waals surface area contributed by atoms with Crippen LogP contribution in [0, 0.1) is 5.92 Å². The Bertz CT molecular complexity index is 456. The topological polar surface area (TPSA) is 24.1 Å². The third kappa shape index (κ3) is 3.96.